The molecule has 0 aliphatic carbocycles. The molecule has 2 aromatic carbocycles. The molecule has 1 atom stereocenters. The summed E-state index contributed by atoms with van der Waals surface area (Å²) in [5.41, 5.74) is 3.99. The van der Waals surface area contributed by atoms with E-state index in [1.807, 2.05) is 0 Å². The number of nitrogens with one attached hydrogen (secondary N) is 2. The monoisotopic (exact) mass is 333 g/mol. The number of piperidine rings is 1. The average Bonchev–Trinajstić information content (AvgIpc) is 3.08. The minimum absolute atomic E-state index is 0.372. The molecule has 0 spiro atoms. The summed E-state index contributed by atoms with van der Waals surface area (Å²) in [5, 5.41) is 5.19. The van der Waals surface area contributed by atoms with Crippen LogP contribution in [0.1, 0.15) is 29.9 Å². The molecule has 0 radical (unpaired) electrons. The van der Waals surface area contributed by atoms with Crippen molar-refractivity contribution >= 4 is 10.9 Å². The number of nitrogens with zero attached hydrogens (tertiary/aromatic N) is 1. The number of hydrogen-bond donors (Lipinski definition) is 2. The molecule has 0 bridgehead atoms. The molecule has 2 heterocycles. The molecule has 0 amide bonds. The van der Waals surface area contributed by atoms with Gasteiger partial charge in [-0.05, 0) is 50.2 Å². The Labute approximate surface area is 150 Å². The van der Waals surface area contributed by atoms with Crippen molar-refractivity contribution in [1.29, 1.82) is 0 Å². The normalized spacial score (nSPS) is 17.8. The first-order valence-electron chi connectivity index (χ1n) is 9.34. The molecule has 3 heteroatoms. The third-order valence-corrected chi connectivity index (χ3v) is 5.53. The number of aromatic amines is 1. The Balaban J connectivity index is 1.59. The van der Waals surface area contributed by atoms with Gasteiger partial charge in [0.25, 0.3) is 0 Å². The first-order valence-corrected chi connectivity index (χ1v) is 9.34. The molecular formula is C22H27N3. The van der Waals surface area contributed by atoms with Crippen LogP contribution in [0.4, 0.5) is 0 Å². The molecule has 1 aliphatic rings. The van der Waals surface area contributed by atoms with E-state index in [1.54, 1.807) is 0 Å². The van der Waals surface area contributed by atoms with Gasteiger partial charge in [-0.25, -0.2) is 0 Å². The fourth-order valence-corrected chi connectivity index (χ4v) is 3.97. The summed E-state index contributed by atoms with van der Waals surface area (Å²) in [7, 11) is 2.22. The number of likely N-dealkylation sites (tertiary alicyclic amines) is 1. The number of hydrogen-bond acceptors (Lipinski definition) is 2. The molecule has 25 heavy (non-hydrogen) atoms. The van der Waals surface area contributed by atoms with E-state index < -0.39 is 0 Å². The van der Waals surface area contributed by atoms with Gasteiger partial charge in [-0.3, -0.25) is 0 Å². The Kier molecular flexibility index (Phi) is 4.86. The predicted octanol–water partition coefficient (Wildman–Crippen LogP) is 3.98. The predicted molar refractivity (Wildman–Crippen MR) is 105 cm³/mol. The maximum atomic E-state index is 3.85. The van der Waals surface area contributed by atoms with Gasteiger partial charge < -0.3 is 15.2 Å². The van der Waals surface area contributed by atoms with Crippen LogP contribution in [0, 0.1) is 0 Å². The van der Waals surface area contributed by atoms with Crippen molar-refractivity contribution in [3.05, 3.63) is 71.9 Å². The highest BCUT2D eigenvalue weighted by Crippen LogP contribution is 2.30. The third kappa shape index (κ3) is 3.63. The molecular weight excluding hydrogens is 306 g/mol. The highest BCUT2D eigenvalue weighted by atomic mass is 15.1. The lowest BCUT2D eigenvalue weighted by Gasteiger charge is -2.31. The van der Waals surface area contributed by atoms with Crippen molar-refractivity contribution in [2.24, 2.45) is 0 Å². The van der Waals surface area contributed by atoms with E-state index in [0.717, 1.165) is 6.54 Å². The minimum atomic E-state index is 0.372. The lowest BCUT2D eigenvalue weighted by Crippen LogP contribution is -2.42. The van der Waals surface area contributed by atoms with Gasteiger partial charge in [0.1, 0.15) is 0 Å². The smallest absolute Gasteiger partial charge is 0.0457 e. The largest absolute Gasteiger partial charge is 0.361 e. The van der Waals surface area contributed by atoms with Crippen LogP contribution in [0.15, 0.2) is 60.8 Å². The molecule has 130 valence electrons. The van der Waals surface area contributed by atoms with Gasteiger partial charge in [-0.15, -0.1) is 0 Å². The quantitative estimate of drug-likeness (QED) is 0.740. The van der Waals surface area contributed by atoms with Crippen LogP contribution in [0.2, 0.25) is 0 Å². The first-order chi connectivity index (χ1) is 12.3. The van der Waals surface area contributed by atoms with Crippen molar-refractivity contribution in [3.63, 3.8) is 0 Å². The average molecular weight is 333 g/mol. The van der Waals surface area contributed by atoms with Crippen LogP contribution in [-0.2, 0) is 0 Å². The zero-order chi connectivity index (χ0) is 17.1. The molecule has 0 saturated carbocycles. The second-order valence-electron chi connectivity index (χ2n) is 7.24. The van der Waals surface area contributed by atoms with Crippen LogP contribution in [0.25, 0.3) is 10.9 Å². The number of H-pyrrole nitrogens is 1. The number of rotatable bonds is 5. The molecule has 2 N–H and O–H groups in total. The molecule has 4 rings (SSSR count). The summed E-state index contributed by atoms with van der Waals surface area (Å²) in [6, 6.07) is 20.1. The summed E-state index contributed by atoms with van der Waals surface area (Å²) in [4.78, 5) is 5.87. The van der Waals surface area contributed by atoms with Gasteiger partial charge in [-0.1, -0.05) is 48.5 Å². The highest BCUT2D eigenvalue weighted by molar-refractivity contribution is 5.84. The Morgan fingerprint density at radius 2 is 1.76 bits per heavy atom. The van der Waals surface area contributed by atoms with Crippen molar-refractivity contribution in [3.8, 4) is 0 Å². The molecule has 1 unspecified atom stereocenters. The van der Waals surface area contributed by atoms with Crippen LogP contribution in [0.5, 0.6) is 0 Å². The van der Waals surface area contributed by atoms with E-state index in [4.69, 9.17) is 0 Å². The van der Waals surface area contributed by atoms with Gasteiger partial charge in [0, 0.05) is 35.6 Å². The van der Waals surface area contributed by atoms with Crippen LogP contribution in [-0.4, -0.2) is 42.6 Å². The lowest BCUT2D eigenvalue weighted by atomic mass is 9.90. The second kappa shape index (κ2) is 7.42. The van der Waals surface area contributed by atoms with Gasteiger partial charge in [0.15, 0.2) is 0 Å². The Bertz CT molecular complexity index is 800. The number of fused-ring (bicyclic) bond motifs is 1. The van der Waals surface area contributed by atoms with Gasteiger partial charge in [0.2, 0.25) is 0 Å². The van der Waals surface area contributed by atoms with Crippen molar-refractivity contribution < 1.29 is 0 Å². The fraction of sp³-hybridized carbons (Fsp3) is 0.364. The van der Waals surface area contributed by atoms with Crippen LogP contribution < -0.4 is 5.32 Å². The van der Waals surface area contributed by atoms with Gasteiger partial charge in [-0.2, -0.15) is 0 Å². The molecule has 1 aromatic heterocycles. The standard InChI is InChI=1S/C22H27N3/c1-25-13-11-18(12-14-25)23-15-20(17-7-3-2-4-8-17)21-16-24-22-10-6-5-9-19(21)22/h2-10,16,18,20,23-24H,11-15H2,1H3. The number of para-hydroxylation sites is 1. The van der Waals surface area contributed by atoms with Gasteiger partial charge >= 0.3 is 0 Å². The maximum absolute atomic E-state index is 3.85. The van der Waals surface area contributed by atoms with E-state index in [0.29, 0.717) is 12.0 Å². The molecule has 1 aliphatic heterocycles. The number of aromatic nitrogens is 1. The summed E-state index contributed by atoms with van der Waals surface area (Å²) in [6.07, 6.45) is 4.68. The minimum Gasteiger partial charge on any atom is -0.361 e. The Hall–Kier alpha value is -2.10. The number of benzene rings is 2. The molecule has 1 saturated heterocycles. The topological polar surface area (TPSA) is 31.1 Å². The van der Waals surface area contributed by atoms with E-state index in [1.165, 1.54) is 48.0 Å². The van der Waals surface area contributed by atoms with Crippen molar-refractivity contribution in [2.45, 2.75) is 24.8 Å². The third-order valence-electron chi connectivity index (χ3n) is 5.53. The zero-order valence-electron chi connectivity index (χ0n) is 14.9. The van der Waals surface area contributed by atoms with Crippen LogP contribution >= 0.6 is 0 Å². The van der Waals surface area contributed by atoms with Crippen molar-refractivity contribution in [1.82, 2.24) is 15.2 Å². The SMILES string of the molecule is CN1CCC(NCC(c2ccccc2)c2c[nH]c3ccccc23)CC1. The maximum Gasteiger partial charge on any atom is 0.0457 e. The lowest BCUT2D eigenvalue weighted by molar-refractivity contribution is 0.234. The Morgan fingerprint density at radius 3 is 2.56 bits per heavy atom. The fourth-order valence-electron chi connectivity index (χ4n) is 3.97. The summed E-state index contributed by atoms with van der Waals surface area (Å²) in [6.45, 7) is 3.38. The molecule has 3 aromatic rings. The second-order valence-corrected chi connectivity index (χ2v) is 7.24. The summed E-state index contributed by atoms with van der Waals surface area (Å²) < 4.78 is 0. The van der Waals surface area contributed by atoms with Gasteiger partial charge in [0.05, 0.1) is 0 Å². The summed E-state index contributed by atoms with van der Waals surface area (Å²) in [5.74, 6) is 0.372. The van der Waals surface area contributed by atoms with E-state index in [-0.39, 0.29) is 0 Å². The summed E-state index contributed by atoms with van der Waals surface area (Å²) >= 11 is 0. The Morgan fingerprint density at radius 1 is 1.04 bits per heavy atom. The zero-order valence-corrected chi connectivity index (χ0v) is 14.9. The highest BCUT2D eigenvalue weighted by Gasteiger charge is 2.21. The van der Waals surface area contributed by atoms with E-state index in [9.17, 15) is 0 Å². The van der Waals surface area contributed by atoms with E-state index in [2.05, 4.69) is 83.0 Å². The van der Waals surface area contributed by atoms with E-state index >= 15 is 0 Å². The molecule has 3 nitrogen and oxygen atoms in total. The first kappa shape index (κ1) is 16.4. The van der Waals surface area contributed by atoms with Crippen LogP contribution in [0.3, 0.4) is 0 Å². The van der Waals surface area contributed by atoms with Crippen molar-refractivity contribution in [2.75, 3.05) is 26.7 Å². The molecule has 1 fully saturated rings.